The van der Waals surface area contributed by atoms with Gasteiger partial charge in [-0.1, -0.05) is 36.4 Å². The molecule has 1 aromatic heterocycles. The van der Waals surface area contributed by atoms with Crippen LogP contribution in [0.3, 0.4) is 0 Å². The van der Waals surface area contributed by atoms with Crippen LogP contribution in [0.25, 0.3) is 0 Å². The Labute approximate surface area is 170 Å². The Morgan fingerprint density at radius 2 is 1.86 bits per heavy atom. The van der Waals surface area contributed by atoms with Crippen molar-refractivity contribution in [2.75, 3.05) is 23.7 Å². The van der Waals surface area contributed by atoms with E-state index in [0.717, 1.165) is 30.9 Å². The summed E-state index contributed by atoms with van der Waals surface area (Å²) in [7, 11) is 0. The second-order valence-corrected chi connectivity index (χ2v) is 6.88. The largest absolute Gasteiger partial charge is 0.455 e. The van der Waals surface area contributed by atoms with Gasteiger partial charge in [-0.25, -0.2) is 9.78 Å². The molecule has 0 bridgehead atoms. The fourth-order valence-corrected chi connectivity index (χ4v) is 3.25. The fraction of sp³-hybridized carbons (Fsp3) is 0.217. The van der Waals surface area contributed by atoms with Crippen LogP contribution in [0.2, 0.25) is 0 Å². The Hall–Kier alpha value is -3.54. The van der Waals surface area contributed by atoms with Crippen molar-refractivity contribution in [3.05, 3.63) is 78.0 Å². The molecule has 3 aromatic rings. The lowest BCUT2D eigenvalue weighted by atomic mass is 10.1. The lowest BCUT2D eigenvalue weighted by molar-refractivity contribution is 0.252. The number of para-hydroxylation sites is 3. The molecule has 1 aliphatic heterocycles. The molecular formula is C23H24N4O2. The second kappa shape index (κ2) is 9.10. The topological polar surface area (TPSA) is 75.3 Å². The Morgan fingerprint density at radius 3 is 2.76 bits per heavy atom. The number of amides is 2. The molecule has 2 aromatic carbocycles. The van der Waals surface area contributed by atoms with Gasteiger partial charge in [0.2, 0.25) is 0 Å². The van der Waals surface area contributed by atoms with Gasteiger partial charge in [-0.2, -0.15) is 0 Å². The Kier molecular flexibility index (Phi) is 5.90. The summed E-state index contributed by atoms with van der Waals surface area (Å²) in [6.07, 6.45) is 2.89. The summed E-state index contributed by atoms with van der Waals surface area (Å²) in [5.41, 5.74) is 2.84. The van der Waals surface area contributed by atoms with E-state index in [1.165, 1.54) is 5.56 Å². The Bertz CT molecular complexity index is 976. The number of benzene rings is 2. The normalized spacial score (nSPS) is 12.4. The molecular weight excluding hydrogens is 364 g/mol. The van der Waals surface area contributed by atoms with Gasteiger partial charge in [0.15, 0.2) is 5.75 Å². The first-order valence-electron chi connectivity index (χ1n) is 9.87. The predicted octanol–water partition coefficient (Wildman–Crippen LogP) is 4.60. The van der Waals surface area contributed by atoms with Gasteiger partial charge >= 0.3 is 6.03 Å². The molecule has 29 heavy (non-hydrogen) atoms. The van der Waals surface area contributed by atoms with Crippen molar-refractivity contribution < 1.29 is 9.53 Å². The number of carbonyl (C=O) groups is 1. The first kappa shape index (κ1) is 18.8. The molecule has 1 aliphatic rings. The van der Waals surface area contributed by atoms with Crippen LogP contribution >= 0.6 is 0 Å². The fourth-order valence-electron chi connectivity index (χ4n) is 3.25. The minimum atomic E-state index is -0.273. The number of urea groups is 1. The first-order chi connectivity index (χ1) is 14.3. The highest BCUT2D eigenvalue weighted by Gasteiger charge is 2.11. The molecule has 2 amide bonds. The summed E-state index contributed by atoms with van der Waals surface area (Å²) in [6.45, 7) is 1.47. The Morgan fingerprint density at radius 1 is 1.03 bits per heavy atom. The number of ether oxygens (including phenoxy) is 1. The minimum Gasteiger partial charge on any atom is -0.455 e. The molecule has 4 rings (SSSR count). The Balaban J connectivity index is 1.31. The van der Waals surface area contributed by atoms with Crippen LogP contribution in [-0.4, -0.2) is 24.1 Å². The molecule has 6 heteroatoms. The van der Waals surface area contributed by atoms with Crippen molar-refractivity contribution in [3.8, 4) is 11.5 Å². The van der Waals surface area contributed by atoms with Gasteiger partial charge in [-0.15, -0.1) is 0 Å². The number of hydrogen-bond acceptors (Lipinski definition) is 4. The predicted molar refractivity (Wildman–Crippen MR) is 115 cm³/mol. The number of fused-ring (bicyclic) bond motifs is 1. The maximum absolute atomic E-state index is 12.3. The molecule has 0 aliphatic carbocycles. The van der Waals surface area contributed by atoms with Gasteiger partial charge in [0, 0.05) is 25.2 Å². The van der Waals surface area contributed by atoms with Gasteiger partial charge in [0.05, 0.1) is 5.69 Å². The molecule has 0 unspecified atom stereocenters. The molecule has 0 saturated carbocycles. The average molecular weight is 388 g/mol. The molecule has 0 fully saturated rings. The highest BCUT2D eigenvalue weighted by Crippen LogP contribution is 2.29. The van der Waals surface area contributed by atoms with E-state index in [1.54, 1.807) is 0 Å². The van der Waals surface area contributed by atoms with Gasteiger partial charge in [-0.3, -0.25) is 0 Å². The average Bonchev–Trinajstić information content (AvgIpc) is 2.76. The zero-order valence-electron chi connectivity index (χ0n) is 16.2. The van der Waals surface area contributed by atoms with Gasteiger partial charge in [-0.05, 0) is 48.7 Å². The van der Waals surface area contributed by atoms with Crippen molar-refractivity contribution in [2.45, 2.75) is 19.3 Å². The zero-order chi connectivity index (χ0) is 19.9. The van der Waals surface area contributed by atoms with E-state index in [0.29, 0.717) is 30.2 Å². The number of carbonyl (C=O) groups excluding carboxylic acids is 1. The van der Waals surface area contributed by atoms with Crippen LogP contribution in [0.15, 0.2) is 66.7 Å². The number of pyridine rings is 1. The van der Waals surface area contributed by atoms with Crippen molar-refractivity contribution in [1.82, 2.24) is 10.3 Å². The van der Waals surface area contributed by atoms with Crippen molar-refractivity contribution >= 4 is 17.5 Å². The van der Waals surface area contributed by atoms with Gasteiger partial charge in [0.25, 0.3) is 0 Å². The highest BCUT2D eigenvalue weighted by atomic mass is 16.5. The molecule has 6 nitrogen and oxygen atoms in total. The summed E-state index contributed by atoms with van der Waals surface area (Å²) < 4.78 is 5.88. The molecule has 2 heterocycles. The number of aryl methyl sites for hydroxylation is 1. The van der Waals surface area contributed by atoms with Crippen LogP contribution in [-0.2, 0) is 12.8 Å². The van der Waals surface area contributed by atoms with Crippen LogP contribution in [0.5, 0.6) is 11.5 Å². The quantitative estimate of drug-likeness (QED) is 0.577. The third-order valence-corrected chi connectivity index (χ3v) is 4.72. The third-order valence-electron chi connectivity index (χ3n) is 4.72. The number of nitrogens with one attached hydrogen (secondary N) is 3. The van der Waals surface area contributed by atoms with Gasteiger partial charge < -0.3 is 20.7 Å². The van der Waals surface area contributed by atoms with E-state index >= 15 is 0 Å². The lowest BCUT2D eigenvalue weighted by Crippen LogP contribution is -2.30. The summed E-state index contributed by atoms with van der Waals surface area (Å²) in [5, 5.41) is 9.08. The number of hydrogen-bond donors (Lipinski definition) is 3. The smallest absolute Gasteiger partial charge is 0.319 e. The van der Waals surface area contributed by atoms with E-state index in [9.17, 15) is 4.79 Å². The second-order valence-electron chi connectivity index (χ2n) is 6.88. The molecule has 0 spiro atoms. The maximum Gasteiger partial charge on any atom is 0.319 e. The van der Waals surface area contributed by atoms with Gasteiger partial charge in [0.1, 0.15) is 11.6 Å². The number of rotatable bonds is 6. The molecule has 0 saturated heterocycles. The first-order valence-corrected chi connectivity index (χ1v) is 9.87. The van der Waals surface area contributed by atoms with Crippen LogP contribution in [0.4, 0.5) is 16.3 Å². The van der Waals surface area contributed by atoms with Crippen LogP contribution < -0.4 is 20.7 Å². The maximum atomic E-state index is 12.3. The summed E-state index contributed by atoms with van der Waals surface area (Å²) in [5.74, 6) is 2.29. The lowest BCUT2D eigenvalue weighted by Gasteiger charge is -2.17. The SMILES string of the molecule is O=C(NCCc1ccc2c(n1)NCCC2)Nc1ccccc1Oc1ccccc1. The molecule has 3 N–H and O–H groups in total. The number of aromatic nitrogens is 1. The van der Waals surface area contributed by atoms with E-state index in [1.807, 2.05) is 60.7 Å². The summed E-state index contributed by atoms with van der Waals surface area (Å²) >= 11 is 0. The minimum absolute atomic E-state index is 0.273. The van der Waals surface area contributed by atoms with Crippen molar-refractivity contribution in [2.24, 2.45) is 0 Å². The van der Waals surface area contributed by atoms with Crippen LogP contribution in [0, 0.1) is 0 Å². The van der Waals surface area contributed by atoms with Crippen LogP contribution in [0.1, 0.15) is 17.7 Å². The summed E-state index contributed by atoms with van der Waals surface area (Å²) in [6, 6.07) is 20.7. The molecule has 0 radical (unpaired) electrons. The summed E-state index contributed by atoms with van der Waals surface area (Å²) in [4.78, 5) is 17.0. The third kappa shape index (κ3) is 5.04. The molecule has 0 atom stereocenters. The zero-order valence-corrected chi connectivity index (χ0v) is 16.2. The number of nitrogens with zero attached hydrogens (tertiary/aromatic N) is 1. The van der Waals surface area contributed by atoms with E-state index in [-0.39, 0.29) is 6.03 Å². The number of anilines is 2. The van der Waals surface area contributed by atoms with Crippen molar-refractivity contribution in [1.29, 1.82) is 0 Å². The van der Waals surface area contributed by atoms with E-state index < -0.39 is 0 Å². The monoisotopic (exact) mass is 388 g/mol. The standard InChI is InChI=1S/C23H24N4O2/c28-23(25-16-14-18-13-12-17-7-6-15-24-22(17)26-18)27-20-10-4-5-11-21(20)29-19-8-2-1-3-9-19/h1-5,8-13H,6-7,14-16H2,(H,24,26)(H2,25,27,28). The highest BCUT2D eigenvalue weighted by molar-refractivity contribution is 5.90. The van der Waals surface area contributed by atoms with E-state index in [2.05, 4.69) is 27.0 Å². The van der Waals surface area contributed by atoms with E-state index in [4.69, 9.17) is 4.74 Å². The van der Waals surface area contributed by atoms with Crippen molar-refractivity contribution in [3.63, 3.8) is 0 Å². The molecule has 148 valence electrons.